The van der Waals surface area contributed by atoms with Gasteiger partial charge in [0, 0.05) is 10.7 Å². The van der Waals surface area contributed by atoms with Gasteiger partial charge in [0.2, 0.25) is 11.8 Å². The van der Waals surface area contributed by atoms with Crippen molar-refractivity contribution in [1.82, 2.24) is 5.32 Å². The van der Waals surface area contributed by atoms with Crippen LogP contribution in [-0.4, -0.2) is 24.5 Å². The maximum atomic E-state index is 13.1. The van der Waals surface area contributed by atoms with Crippen LogP contribution >= 0.6 is 11.6 Å². The number of carbonyl (C=O) groups is 2. The van der Waals surface area contributed by atoms with E-state index in [1.165, 1.54) is 0 Å². The molecule has 0 bridgehead atoms. The second-order valence-electron chi connectivity index (χ2n) is 8.32. The van der Waals surface area contributed by atoms with Gasteiger partial charge in [-0.25, -0.2) is 0 Å². The fourth-order valence-electron chi connectivity index (χ4n) is 3.57. The molecule has 7 heteroatoms. The summed E-state index contributed by atoms with van der Waals surface area (Å²) in [5.41, 5.74) is 2.22. The van der Waals surface area contributed by atoms with Crippen LogP contribution in [0.2, 0.25) is 5.02 Å². The Morgan fingerprint density at radius 3 is 2.08 bits per heavy atom. The largest absolute Gasteiger partial charge is 0.457 e. The molecule has 0 aliphatic rings. The van der Waals surface area contributed by atoms with Gasteiger partial charge in [0.05, 0.1) is 19.6 Å². The molecule has 0 radical (unpaired) electrons. The van der Waals surface area contributed by atoms with Gasteiger partial charge >= 0.3 is 0 Å². The lowest BCUT2D eigenvalue weighted by Gasteiger charge is -2.19. The lowest BCUT2D eigenvalue weighted by molar-refractivity contribution is -0.127. The van der Waals surface area contributed by atoms with Crippen molar-refractivity contribution in [2.24, 2.45) is 0 Å². The summed E-state index contributed by atoms with van der Waals surface area (Å²) in [5.74, 6) is 0.636. The lowest BCUT2D eigenvalue weighted by Crippen LogP contribution is -2.47. The van der Waals surface area contributed by atoms with Crippen LogP contribution in [0.3, 0.4) is 0 Å². The normalized spacial score (nSPS) is 11.4. The summed E-state index contributed by atoms with van der Waals surface area (Å²) in [7, 11) is 0. The summed E-state index contributed by atoms with van der Waals surface area (Å²) in [6.45, 7) is 0.320. The quantitative estimate of drug-likeness (QED) is 0.257. The molecule has 0 spiro atoms. The standard InChI is InChI=1S/C30H27ClN2O4/c31-27-14-8-7-11-23(27)19-29(34)33-28(21-36-20-22-9-3-1-4-10-22)30(35)32-24-15-17-26(18-16-24)37-25-12-5-2-6-13-25/h1-18,28H,19-21H2,(H,32,35)(H,33,34). The van der Waals surface area contributed by atoms with Gasteiger partial charge in [-0.1, -0.05) is 78.3 Å². The number of anilines is 1. The van der Waals surface area contributed by atoms with Gasteiger partial charge in [-0.2, -0.15) is 0 Å². The molecule has 0 saturated heterocycles. The summed E-state index contributed by atoms with van der Waals surface area (Å²) < 4.78 is 11.6. The molecule has 2 N–H and O–H groups in total. The Morgan fingerprint density at radius 2 is 1.38 bits per heavy atom. The van der Waals surface area contributed by atoms with Crippen molar-refractivity contribution in [2.45, 2.75) is 19.1 Å². The zero-order valence-corrected chi connectivity index (χ0v) is 20.9. The van der Waals surface area contributed by atoms with Crippen LogP contribution in [0.25, 0.3) is 0 Å². The Morgan fingerprint density at radius 1 is 0.757 bits per heavy atom. The molecular weight excluding hydrogens is 488 g/mol. The number of hydrogen-bond acceptors (Lipinski definition) is 4. The molecule has 1 unspecified atom stereocenters. The average molecular weight is 515 g/mol. The summed E-state index contributed by atoms with van der Waals surface area (Å²) in [5, 5.41) is 6.13. The van der Waals surface area contributed by atoms with E-state index < -0.39 is 11.9 Å². The van der Waals surface area contributed by atoms with Crippen LogP contribution in [0, 0.1) is 0 Å². The Kier molecular flexibility index (Phi) is 9.29. The topological polar surface area (TPSA) is 76.7 Å². The highest BCUT2D eigenvalue weighted by Gasteiger charge is 2.22. The van der Waals surface area contributed by atoms with E-state index in [4.69, 9.17) is 21.1 Å². The Hall–Kier alpha value is -4.13. The van der Waals surface area contributed by atoms with E-state index in [0.717, 1.165) is 11.3 Å². The maximum absolute atomic E-state index is 13.1. The molecule has 0 aliphatic carbocycles. The van der Waals surface area contributed by atoms with Gasteiger partial charge in [0.15, 0.2) is 0 Å². The van der Waals surface area contributed by atoms with Gasteiger partial charge in [-0.15, -0.1) is 0 Å². The molecule has 2 amide bonds. The Balaban J connectivity index is 1.39. The van der Waals surface area contributed by atoms with E-state index in [1.807, 2.05) is 66.7 Å². The van der Waals surface area contributed by atoms with E-state index in [1.54, 1.807) is 42.5 Å². The lowest BCUT2D eigenvalue weighted by atomic mass is 10.1. The van der Waals surface area contributed by atoms with Crippen molar-refractivity contribution in [2.75, 3.05) is 11.9 Å². The van der Waals surface area contributed by atoms with Crippen molar-refractivity contribution in [3.05, 3.63) is 125 Å². The maximum Gasteiger partial charge on any atom is 0.249 e. The number of amides is 2. The van der Waals surface area contributed by atoms with E-state index >= 15 is 0 Å². The van der Waals surface area contributed by atoms with E-state index in [-0.39, 0.29) is 18.9 Å². The molecule has 0 heterocycles. The smallest absolute Gasteiger partial charge is 0.249 e. The average Bonchev–Trinajstić information content (AvgIpc) is 2.92. The van der Waals surface area contributed by atoms with Gasteiger partial charge in [-0.05, 0) is 53.6 Å². The highest BCUT2D eigenvalue weighted by Crippen LogP contribution is 2.23. The SMILES string of the molecule is O=C(Cc1ccccc1Cl)NC(COCc1ccccc1)C(=O)Nc1ccc(Oc2ccccc2)cc1. The third-order valence-electron chi connectivity index (χ3n) is 5.46. The predicted octanol–water partition coefficient (Wildman–Crippen LogP) is 6.02. The summed E-state index contributed by atoms with van der Waals surface area (Å²) >= 11 is 6.20. The van der Waals surface area contributed by atoms with Crippen LogP contribution in [-0.2, 0) is 27.4 Å². The minimum atomic E-state index is -0.904. The molecule has 4 rings (SSSR count). The van der Waals surface area contributed by atoms with E-state index in [9.17, 15) is 9.59 Å². The predicted molar refractivity (Wildman–Crippen MR) is 145 cm³/mol. The monoisotopic (exact) mass is 514 g/mol. The number of nitrogens with one attached hydrogen (secondary N) is 2. The summed E-state index contributed by atoms with van der Waals surface area (Å²) in [4.78, 5) is 25.9. The van der Waals surface area contributed by atoms with E-state index in [2.05, 4.69) is 10.6 Å². The fourth-order valence-corrected chi connectivity index (χ4v) is 3.77. The Labute approximate surface area is 221 Å². The molecule has 4 aromatic rings. The van der Waals surface area contributed by atoms with Crippen molar-refractivity contribution in [3.8, 4) is 11.5 Å². The first-order valence-electron chi connectivity index (χ1n) is 11.8. The van der Waals surface area contributed by atoms with Gasteiger partial charge in [0.1, 0.15) is 17.5 Å². The van der Waals surface area contributed by atoms with Crippen LogP contribution in [0.5, 0.6) is 11.5 Å². The van der Waals surface area contributed by atoms with Crippen LogP contribution < -0.4 is 15.4 Å². The third-order valence-corrected chi connectivity index (χ3v) is 5.83. The minimum absolute atomic E-state index is 0.00416. The zero-order chi connectivity index (χ0) is 25.9. The van der Waals surface area contributed by atoms with Crippen molar-refractivity contribution >= 4 is 29.1 Å². The third kappa shape index (κ3) is 8.20. The first kappa shape index (κ1) is 25.9. The Bertz CT molecular complexity index is 1300. The minimum Gasteiger partial charge on any atom is -0.457 e. The van der Waals surface area contributed by atoms with Crippen molar-refractivity contribution < 1.29 is 19.1 Å². The molecule has 0 fully saturated rings. The zero-order valence-electron chi connectivity index (χ0n) is 20.1. The molecule has 0 aliphatic heterocycles. The molecule has 6 nitrogen and oxygen atoms in total. The number of rotatable bonds is 11. The summed E-state index contributed by atoms with van der Waals surface area (Å²) in [6.07, 6.45) is 0.0493. The van der Waals surface area contributed by atoms with Gasteiger partial charge in [-0.3, -0.25) is 9.59 Å². The van der Waals surface area contributed by atoms with Crippen LogP contribution in [0.1, 0.15) is 11.1 Å². The number of para-hydroxylation sites is 1. The highest BCUT2D eigenvalue weighted by molar-refractivity contribution is 6.31. The van der Waals surface area contributed by atoms with Gasteiger partial charge < -0.3 is 20.1 Å². The molecule has 188 valence electrons. The number of halogens is 1. The molecular formula is C30H27ClN2O4. The van der Waals surface area contributed by atoms with E-state index in [0.29, 0.717) is 28.6 Å². The molecule has 0 saturated carbocycles. The highest BCUT2D eigenvalue weighted by atomic mass is 35.5. The second-order valence-corrected chi connectivity index (χ2v) is 8.72. The number of ether oxygens (including phenoxy) is 2. The molecule has 1 atom stereocenters. The second kappa shape index (κ2) is 13.3. The molecule has 0 aromatic heterocycles. The first-order chi connectivity index (χ1) is 18.1. The molecule has 4 aromatic carbocycles. The first-order valence-corrected chi connectivity index (χ1v) is 12.2. The van der Waals surface area contributed by atoms with Crippen molar-refractivity contribution in [1.29, 1.82) is 0 Å². The summed E-state index contributed by atoms with van der Waals surface area (Å²) in [6, 6.07) is 32.3. The van der Waals surface area contributed by atoms with Gasteiger partial charge in [0.25, 0.3) is 0 Å². The molecule has 37 heavy (non-hydrogen) atoms. The number of hydrogen-bond donors (Lipinski definition) is 2. The van der Waals surface area contributed by atoms with Crippen LogP contribution in [0.4, 0.5) is 5.69 Å². The van der Waals surface area contributed by atoms with Crippen molar-refractivity contribution in [3.63, 3.8) is 0 Å². The fraction of sp³-hybridized carbons (Fsp3) is 0.133. The number of benzene rings is 4. The van der Waals surface area contributed by atoms with Crippen LogP contribution in [0.15, 0.2) is 109 Å². The number of carbonyl (C=O) groups excluding carboxylic acids is 2.